The molecule has 0 aliphatic carbocycles. The van der Waals surface area contributed by atoms with Gasteiger partial charge in [-0.2, -0.15) is 0 Å². The summed E-state index contributed by atoms with van der Waals surface area (Å²) in [5, 5.41) is 3.32. The maximum absolute atomic E-state index is 13.9. The van der Waals surface area contributed by atoms with Gasteiger partial charge in [0, 0.05) is 32.2 Å². The lowest BCUT2D eigenvalue weighted by Crippen LogP contribution is -2.48. The molecule has 1 aromatic rings. The lowest BCUT2D eigenvalue weighted by molar-refractivity contribution is -0.149. The zero-order valence-corrected chi connectivity index (χ0v) is 16.5. The zero-order valence-electron chi connectivity index (χ0n) is 16.5. The molecule has 3 rings (SSSR count). The van der Waals surface area contributed by atoms with E-state index in [9.17, 15) is 9.18 Å². The second-order valence-corrected chi connectivity index (χ2v) is 6.93. The third-order valence-electron chi connectivity index (χ3n) is 4.98. The minimum Gasteiger partial charge on any atom is -0.467 e. The predicted molar refractivity (Wildman–Crippen MR) is 103 cm³/mol. The number of nitrogens with one attached hydrogen (secondary N) is 1. The summed E-state index contributed by atoms with van der Waals surface area (Å²) in [4.78, 5) is 18.5. The number of carbonyl (C=O) groups excluding carboxylic acids is 1. The van der Waals surface area contributed by atoms with Gasteiger partial charge in [-0.3, -0.25) is 9.79 Å². The minimum atomic E-state index is -0.291. The lowest BCUT2D eigenvalue weighted by Gasteiger charge is -2.34. The smallest absolute Gasteiger partial charge is 0.310 e. The zero-order chi connectivity index (χ0) is 19.9. The molecule has 2 aliphatic heterocycles. The third-order valence-corrected chi connectivity index (χ3v) is 4.98. The number of benzene rings is 1. The normalized spacial score (nSPS) is 19.6. The van der Waals surface area contributed by atoms with E-state index in [1.54, 1.807) is 7.05 Å². The number of rotatable bonds is 5. The van der Waals surface area contributed by atoms with Crippen molar-refractivity contribution in [2.45, 2.75) is 32.8 Å². The van der Waals surface area contributed by atoms with Crippen LogP contribution in [0.5, 0.6) is 5.75 Å². The summed E-state index contributed by atoms with van der Waals surface area (Å²) >= 11 is 0. The molecule has 0 amide bonds. The molecule has 28 heavy (non-hydrogen) atoms. The first kappa shape index (κ1) is 20.4. The first-order valence-electron chi connectivity index (χ1n) is 9.76. The molecule has 1 fully saturated rings. The first-order valence-corrected chi connectivity index (χ1v) is 9.76. The van der Waals surface area contributed by atoms with Crippen molar-refractivity contribution in [1.82, 2.24) is 10.2 Å². The maximum atomic E-state index is 13.9. The Bertz CT molecular complexity index is 726. The molecule has 1 atom stereocenters. The van der Waals surface area contributed by atoms with Crippen LogP contribution < -0.4 is 10.1 Å². The summed E-state index contributed by atoms with van der Waals surface area (Å²) in [5.74, 6) is 0.887. The number of halogens is 1. The number of hydrogen-bond acceptors (Lipinski definition) is 5. The van der Waals surface area contributed by atoms with Gasteiger partial charge < -0.3 is 24.4 Å². The van der Waals surface area contributed by atoms with Crippen LogP contribution in [-0.2, 0) is 27.3 Å². The second kappa shape index (κ2) is 9.73. The van der Waals surface area contributed by atoms with E-state index in [-0.39, 0.29) is 24.5 Å². The van der Waals surface area contributed by atoms with Gasteiger partial charge in [0.15, 0.2) is 12.8 Å². The minimum absolute atomic E-state index is 0.129. The molecular weight excluding hydrogens is 365 g/mol. The van der Waals surface area contributed by atoms with Gasteiger partial charge in [-0.05, 0) is 43.9 Å². The predicted octanol–water partition coefficient (Wildman–Crippen LogP) is 2.09. The number of carbonyl (C=O) groups is 1. The van der Waals surface area contributed by atoms with E-state index < -0.39 is 0 Å². The van der Waals surface area contributed by atoms with Crippen LogP contribution in [-0.4, -0.2) is 56.9 Å². The second-order valence-electron chi connectivity index (χ2n) is 6.93. The molecule has 7 nitrogen and oxygen atoms in total. The summed E-state index contributed by atoms with van der Waals surface area (Å²) in [6.45, 7) is 4.77. The Morgan fingerprint density at radius 3 is 3.11 bits per heavy atom. The Morgan fingerprint density at radius 2 is 2.32 bits per heavy atom. The fourth-order valence-corrected chi connectivity index (χ4v) is 3.71. The number of ether oxygens (including phenoxy) is 3. The van der Waals surface area contributed by atoms with E-state index in [0.29, 0.717) is 38.5 Å². The van der Waals surface area contributed by atoms with Gasteiger partial charge in [-0.1, -0.05) is 0 Å². The molecule has 8 heteroatoms. The van der Waals surface area contributed by atoms with Crippen molar-refractivity contribution in [3.63, 3.8) is 0 Å². The van der Waals surface area contributed by atoms with Crippen LogP contribution in [0.4, 0.5) is 4.39 Å². The highest BCUT2D eigenvalue weighted by Crippen LogP contribution is 2.29. The Balaban J connectivity index is 1.58. The monoisotopic (exact) mass is 393 g/mol. The standard InChI is InChI=1S/C20H28FN3O4/c1-3-27-19(25)15-5-4-8-24(11-15)20(22-2)23-7-6-14-9-17(21)10-16-12-26-13-28-18(14)16/h9-10,15H,3-8,11-13H2,1-2H3,(H,22,23). The van der Waals surface area contributed by atoms with Crippen LogP contribution in [0.2, 0.25) is 0 Å². The van der Waals surface area contributed by atoms with E-state index in [4.69, 9.17) is 14.2 Å². The van der Waals surface area contributed by atoms with E-state index in [0.717, 1.165) is 36.5 Å². The quantitative estimate of drug-likeness (QED) is 0.469. The summed E-state index contributed by atoms with van der Waals surface area (Å²) in [6, 6.07) is 2.96. The molecule has 1 unspecified atom stereocenters. The molecule has 0 spiro atoms. The van der Waals surface area contributed by atoms with Crippen LogP contribution in [0.25, 0.3) is 0 Å². The molecule has 2 heterocycles. The van der Waals surface area contributed by atoms with Gasteiger partial charge >= 0.3 is 5.97 Å². The van der Waals surface area contributed by atoms with Gasteiger partial charge in [0.2, 0.25) is 0 Å². The van der Waals surface area contributed by atoms with Crippen molar-refractivity contribution in [1.29, 1.82) is 0 Å². The number of nitrogens with zero attached hydrogens (tertiary/aromatic N) is 2. The first-order chi connectivity index (χ1) is 13.6. The van der Waals surface area contributed by atoms with E-state index >= 15 is 0 Å². The molecule has 0 saturated carbocycles. The van der Waals surface area contributed by atoms with Crippen molar-refractivity contribution in [3.8, 4) is 5.75 Å². The maximum Gasteiger partial charge on any atom is 0.310 e. The highest BCUT2D eigenvalue weighted by Gasteiger charge is 2.28. The average Bonchev–Trinajstić information content (AvgIpc) is 2.71. The molecule has 0 radical (unpaired) electrons. The largest absolute Gasteiger partial charge is 0.467 e. The summed E-state index contributed by atoms with van der Waals surface area (Å²) in [5.41, 5.74) is 1.54. The van der Waals surface area contributed by atoms with Crippen molar-refractivity contribution in [2.24, 2.45) is 10.9 Å². The SMILES string of the molecule is CCOC(=O)C1CCCN(C(=NC)NCCc2cc(F)cc3c2OCOC3)C1. The van der Waals surface area contributed by atoms with Crippen LogP contribution in [0, 0.1) is 11.7 Å². The van der Waals surface area contributed by atoms with Gasteiger partial charge in [-0.25, -0.2) is 4.39 Å². The Kier molecular flexibility index (Phi) is 7.08. The molecule has 0 aromatic heterocycles. The Hall–Kier alpha value is -2.35. The van der Waals surface area contributed by atoms with Gasteiger partial charge in [0.25, 0.3) is 0 Å². The summed E-state index contributed by atoms with van der Waals surface area (Å²) in [7, 11) is 1.72. The fourth-order valence-electron chi connectivity index (χ4n) is 3.71. The number of piperidine rings is 1. The molecular formula is C20H28FN3O4. The van der Waals surface area contributed by atoms with Gasteiger partial charge in [0.05, 0.1) is 19.1 Å². The van der Waals surface area contributed by atoms with E-state index in [1.807, 2.05) is 6.92 Å². The molecule has 154 valence electrons. The number of hydrogen-bond donors (Lipinski definition) is 1. The Labute approximate surface area is 164 Å². The van der Waals surface area contributed by atoms with Gasteiger partial charge in [-0.15, -0.1) is 0 Å². The van der Waals surface area contributed by atoms with E-state index in [2.05, 4.69) is 15.2 Å². The molecule has 2 aliphatic rings. The lowest BCUT2D eigenvalue weighted by atomic mass is 9.98. The number of likely N-dealkylation sites (tertiary alicyclic amines) is 1. The fraction of sp³-hybridized carbons (Fsp3) is 0.600. The average molecular weight is 393 g/mol. The Morgan fingerprint density at radius 1 is 1.46 bits per heavy atom. The summed E-state index contributed by atoms with van der Waals surface area (Å²) in [6.07, 6.45) is 2.34. The van der Waals surface area contributed by atoms with Crippen molar-refractivity contribution in [2.75, 3.05) is 40.1 Å². The van der Waals surface area contributed by atoms with Crippen molar-refractivity contribution >= 4 is 11.9 Å². The molecule has 1 saturated heterocycles. The topological polar surface area (TPSA) is 72.4 Å². The third kappa shape index (κ3) is 4.92. The highest BCUT2D eigenvalue weighted by atomic mass is 19.1. The number of guanidine groups is 1. The molecule has 1 aromatic carbocycles. The highest BCUT2D eigenvalue weighted by molar-refractivity contribution is 5.81. The van der Waals surface area contributed by atoms with Crippen LogP contribution in [0.3, 0.4) is 0 Å². The molecule has 1 N–H and O–H groups in total. The number of aliphatic imine (C=N–C) groups is 1. The van der Waals surface area contributed by atoms with Crippen molar-refractivity contribution < 1.29 is 23.4 Å². The van der Waals surface area contributed by atoms with E-state index in [1.165, 1.54) is 12.1 Å². The van der Waals surface area contributed by atoms with Crippen LogP contribution >= 0.6 is 0 Å². The van der Waals surface area contributed by atoms with Gasteiger partial charge in [0.1, 0.15) is 11.6 Å². The van der Waals surface area contributed by atoms with Crippen molar-refractivity contribution in [3.05, 3.63) is 29.1 Å². The molecule has 0 bridgehead atoms. The number of esters is 1. The van der Waals surface area contributed by atoms with Crippen LogP contribution in [0.1, 0.15) is 30.9 Å². The number of fused-ring (bicyclic) bond motifs is 1. The van der Waals surface area contributed by atoms with Crippen LogP contribution in [0.15, 0.2) is 17.1 Å². The summed E-state index contributed by atoms with van der Waals surface area (Å²) < 4.78 is 29.8.